The Kier molecular flexibility index (Phi) is 3.62. The highest BCUT2D eigenvalue weighted by molar-refractivity contribution is 7.12. The number of aromatic nitrogens is 1. The van der Waals surface area contributed by atoms with Crippen LogP contribution in [0.2, 0.25) is 0 Å². The van der Waals surface area contributed by atoms with Gasteiger partial charge in [-0.1, -0.05) is 0 Å². The van der Waals surface area contributed by atoms with E-state index < -0.39 is 0 Å². The summed E-state index contributed by atoms with van der Waals surface area (Å²) in [6, 6.07) is 7.69. The number of rotatable bonds is 4. The predicted octanol–water partition coefficient (Wildman–Crippen LogP) is 2.15. The number of nitrogens with zero attached hydrogens (tertiary/aromatic N) is 1. The molecule has 0 aliphatic rings. The van der Waals surface area contributed by atoms with Crippen molar-refractivity contribution in [3.8, 4) is 17.0 Å². The van der Waals surface area contributed by atoms with Gasteiger partial charge in [0.15, 0.2) is 0 Å². The van der Waals surface area contributed by atoms with E-state index in [-0.39, 0.29) is 12.3 Å². The van der Waals surface area contributed by atoms with Gasteiger partial charge in [0, 0.05) is 10.4 Å². The Hall–Kier alpha value is -1.88. The topological polar surface area (TPSA) is 65.2 Å². The molecule has 0 aliphatic heterocycles. The van der Waals surface area contributed by atoms with Gasteiger partial charge in [-0.2, -0.15) is 0 Å². The number of hydrogen-bond acceptors (Lipinski definition) is 4. The highest BCUT2D eigenvalue weighted by Crippen LogP contribution is 2.28. The third-order valence-corrected chi connectivity index (χ3v) is 3.50. The summed E-state index contributed by atoms with van der Waals surface area (Å²) < 4.78 is 5.11. The number of carbonyl (C=O) groups excluding carboxylic acids is 1. The largest absolute Gasteiger partial charge is 0.497 e. The molecule has 5 heteroatoms. The maximum atomic E-state index is 10.9. The summed E-state index contributed by atoms with van der Waals surface area (Å²) in [5.74, 6) is 0.453. The summed E-state index contributed by atoms with van der Waals surface area (Å²) in [7, 11) is 1.63. The second kappa shape index (κ2) is 5.18. The zero-order chi connectivity index (χ0) is 13.1. The molecule has 1 amide bonds. The van der Waals surface area contributed by atoms with Gasteiger partial charge >= 0.3 is 0 Å². The Morgan fingerprint density at radius 1 is 1.39 bits per heavy atom. The van der Waals surface area contributed by atoms with Crippen molar-refractivity contribution in [1.29, 1.82) is 0 Å². The molecule has 0 atom stereocenters. The maximum Gasteiger partial charge on any atom is 0.224 e. The fourth-order valence-electron chi connectivity index (χ4n) is 1.69. The standard InChI is InChI=1S/C13H14N2O2S/c1-8-13(15-12(18-8)7-11(14)16)9-3-5-10(17-2)6-4-9/h3-6H,7H2,1-2H3,(H2,14,16). The van der Waals surface area contributed by atoms with Crippen molar-refractivity contribution >= 4 is 17.2 Å². The first-order chi connectivity index (χ1) is 8.60. The number of carbonyl (C=O) groups is 1. The average Bonchev–Trinajstić information content (AvgIpc) is 2.69. The number of aryl methyl sites for hydroxylation is 1. The molecule has 0 saturated heterocycles. The van der Waals surface area contributed by atoms with E-state index in [4.69, 9.17) is 10.5 Å². The van der Waals surface area contributed by atoms with Gasteiger partial charge < -0.3 is 10.5 Å². The summed E-state index contributed by atoms with van der Waals surface area (Å²) in [6.45, 7) is 1.99. The third-order valence-electron chi connectivity index (χ3n) is 2.53. The Bertz CT molecular complexity index is 561. The lowest BCUT2D eigenvalue weighted by Crippen LogP contribution is -2.13. The minimum atomic E-state index is -0.356. The Balaban J connectivity index is 2.31. The second-order valence-corrected chi connectivity index (χ2v) is 5.17. The number of amides is 1. The molecule has 2 aromatic rings. The molecule has 0 unspecified atom stereocenters. The van der Waals surface area contributed by atoms with Crippen molar-refractivity contribution in [2.45, 2.75) is 13.3 Å². The molecule has 2 rings (SSSR count). The Morgan fingerprint density at radius 2 is 2.06 bits per heavy atom. The highest BCUT2D eigenvalue weighted by Gasteiger charge is 2.11. The van der Waals surface area contributed by atoms with Crippen molar-refractivity contribution in [3.63, 3.8) is 0 Å². The number of ether oxygens (including phenoxy) is 1. The highest BCUT2D eigenvalue weighted by atomic mass is 32.1. The van der Waals surface area contributed by atoms with Crippen LogP contribution in [0.1, 0.15) is 9.88 Å². The molecule has 1 aromatic carbocycles. The van der Waals surface area contributed by atoms with Crippen molar-refractivity contribution in [2.24, 2.45) is 5.73 Å². The lowest BCUT2D eigenvalue weighted by atomic mass is 10.1. The number of nitrogens with two attached hydrogens (primary N) is 1. The molecule has 0 aliphatic carbocycles. The molecule has 0 bridgehead atoms. The van der Waals surface area contributed by atoms with Crippen LogP contribution in [-0.4, -0.2) is 18.0 Å². The predicted molar refractivity (Wildman–Crippen MR) is 71.7 cm³/mol. The minimum absolute atomic E-state index is 0.196. The summed E-state index contributed by atoms with van der Waals surface area (Å²) in [4.78, 5) is 16.4. The molecular weight excluding hydrogens is 248 g/mol. The lowest BCUT2D eigenvalue weighted by molar-refractivity contribution is -0.117. The third kappa shape index (κ3) is 2.68. The van der Waals surface area contributed by atoms with Crippen LogP contribution in [0.4, 0.5) is 0 Å². The van der Waals surface area contributed by atoms with E-state index >= 15 is 0 Å². The van der Waals surface area contributed by atoms with E-state index in [9.17, 15) is 4.79 Å². The zero-order valence-electron chi connectivity index (χ0n) is 10.3. The Morgan fingerprint density at radius 3 is 2.61 bits per heavy atom. The molecule has 0 saturated carbocycles. The van der Waals surface area contributed by atoms with Crippen molar-refractivity contribution < 1.29 is 9.53 Å². The van der Waals surface area contributed by atoms with Crippen LogP contribution in [0.5, 0.6) is 5.75 Å². The van der Waals surface area contributed by atoms with Gasteiger partial charge in [0.1, 0.15) is 10.8 Å². The molecule has 0 spiro atoms. The van der Waals surface area contributed by atoms with Crippen LogP contribution in [0.3, 0.4) is 0 Å². The first-order valence-corrected chi connectivity index (χ1v) is 6.31. The van der Waals surface area contributed by atoms with Crippen LogP contribution < -0.4 is 10.5 Å². The molecule has 2 N–H and O–H groups in total. The normalized spacial score (nSPS) is 10.3. The molecule has 94 valence electrons. The first-order valence-electron chi connectivity index (χ1n) is 5.49. The van der Waals surface area contributed by atoms with E-state index in [2.05, 4.69) is 4.98 Å². The van der Waals surface area contributed by atoms with Gasteiger partial charge in [0.25, 0.3) is 0 Å². The number of thiazole rings is 1. The van der Waals surface area contributed by atoms with E-state index in [0.29, 0.717) is 0 Å². The van der Waals surface area contributed by atoms with Crippen LogP contribution >= 0.6 is 11.3 Å². The molecule has 1 heterocycles. The maximum absolute atomic E-state index is 10.9. The number of hydrogen-bond donors (Lipinski definition) is 1. The molecule has 18 heavy (non-hydrogen) atoms. The van der Waals surface area contributed by atoms with Crippen LogP contribution in [-0.2, 0) is 11.2 Å². The quantitative estimate of drug-likeness (QED) is 0.918. The lowest BCUT2D eigenvalue weighted by Gasteiger charge is -2.01. The number of methoxy groups -OCH3 is 1. The number of benzene rings is 1. The van der Waals surface area contributed by atoms with Gasteiger partial charge in [-0.25, -0.2) is 4.98 Å². The number of primary amides is 1. The molecule has 0 fully saturated rings. The van der Waals surface area contributed by atoms with Crippen LogP contribution in [0.25, 0.3) is 11.3 Å². The van der Waals surface area contributed by atoms with Gasteiger partial charge in [-0.05, 0) is 31.2 Å². The minimum Gasteiger partial charge on any atom is -0.497 e. The first kappa shape index (κ1) is 12.6. The van der Waals surface area contributed by atoms with Gasteiger partial charge in [-0.3, -0.25) is 4.79 Å². The van der Waals surface area contributed by atoms with Gasteiger partial charge in [-0.15, -0.1) is 11.3 Å². The van der Waals surface area contributed by atoms with Crippen molar-refractivity contribution in [1.82, 2.24) is 4.98 Å². The SMILES string of the molecule is COc1ccc(-c2nc(CC(N)=O)sc2C)cc1. The molecule has 0 radical (unpaired) electrons. The monoisotopic (exact) mass is 262 g/mol. The van der Waals surface area contributed by atoms with Gasteiger partial charge in [0.05, 0.1) is 19.2 Å². The summed E-state index contributed by atoms with van der Waals surface area (Å²) >= 11 is 1.50. The second-order valence-electron chi connectivity index (χ2n) is 3.88. The summed E-state index contributed by atoms with van der Waals surface area (Å²) in [5, 5.41) is 0.755. The van der Waals surface area contributed by atoms with Crippen LogP contribution in [0.15, 0.2) is 24.3 Å². The average molecular weight is 262 g/mol. The van der Waals surface area contributed by atoms with E-state index in [0.717, 1.165) is 26.9 Å². The van der Waals surface area contributed by atoms with E-state index in [1.165, 1.54) is 11.3 Å². The fraction of sp³-hybridized carbons (Fsp3) is 0.231. The summed E-state index contributed by atoms with van der Waals surface area (Å²) in [5.41, 5.74) is 7.09. The van der Waals surface area contributed by atoms with Crippen molar-refractivity contribution in [2.75, 3.05) is 7.11 Å². The molecular formula is C13H14N2O2S. The van der Waals surface area contributed by atoms with Gasteiger partial charge in [0.2, 0.25) is 5.91 Å². The fourth-order valence-corrected chi connectivity index (χ4v) is 2.66. The smallest absolute Gasteiger partial charge is 0.224 e. The molecule has 4 nitrogen and oxygen atoms in total. The molecule has 1 aromatic heterocycles. The van der Waals surface area contributed by atoms with E-state index in [1.807, 2.05) is 31.2 Å². The van der Waals surface area contributed by atoms with Crippen molar-refractivity contribution in [3.05, 3.63) is 34.2 Å². The van der Waals surface area contributed by atoms with Crippen LogP contribution in [0, 0.1) is 6.92 Å². The summed E-state index contributed by atoms with van der Waals surface area (Å²) in [6.07, 6.45) is 0.196. The van der Waals surface area contributed by atoms with E-state index in [1.54, 1.807) is 7.11 Å². The Labute approximate surface area is 109 Å². The zero-order valence-corrected chi connectivity index (χ0v) is 11.1.